The molecule has 0 spiro atoms. The Morgan fingerprint density at radius 1 is 1.20 bits per heavy atom. The van der Waals surface area contributed by atoms with Crippen molar-refractivity contribution in [3.05, 3.63) is 41.2 Å². The number of halogens is 1. The maximum absolute atomic E-state index is 13.4. The molecule has 0 N–H and O–H groups in total. The van der Waals surface area contributed by atoms with E-state index in [1.54, 1.807) is 6.07 Å². The minimum absolute atomic E-state index is 0.109. The number of benzene rings is 1. The monoisotopic (exact) mass is 276 g/mol. The van der Waals surface area contributed by atoms with E-state index in [1.807, 2.05) is 19.1 Å². The zero-order valence-corrected chi connectivity index (χ0v) is 13.5. The van der Waals surface area contributed by atoms with Crippen molar-refractivity contribution in [3.8, 4) is 0 Å². The molecule has 0 aliphatic carbocycles. The summed E-state index contributed by atoms with van der Waals surface area (Å²) in [4.78, 5) is 0. The van der Waals surface area contributed by atoms with Gasteiger partial charge in [0.05, 0.1) is 0 Å². The summed E-state index contributed by atoms with van der Waals surface area (Å²) in [6, 6.07) is 5.52. The average molecular weight is 276 g/mol. The van der Waals surface area contributed by atoms with E-state index in [4.69, 9.17) is 0 Å². The van der Waals surface area contributed by atoms with Crippen LogP contribution in [0.2, 0.25) is 0 Å². The second kappa shape index (κ2) is 8.94. The highest BCUT2D eigenvalue weighted by Gasteiger charge is 2.12. The standard InChI is InChI=1S/C19H29F/c1-5-7-9-10-15(3)18(11-8-6-2)17-12-13-19(20)16(4)14-17/h11-15H,5-10H2,1-4H3/b18-11+. The van der Waals surface area contributed by atoms with Crippen LogP contribution in [0.4, 0.5) is 4.39 Å². The Kier molecular flexibility index (Phi) is 7.58. The van der Waals surface area contributed by atoms with Gasteiger partial charge in [-0.05, 0) is 54.5 Å². The van der Waals surface area contributed by atoms with E-state index in [2.05, 4.69) is 26.8 Å². The first-order chi connectivity index (χ1) is 9.60. The molecule has 0 nitrogen and oxygen atoms in total. The molecule has 0 amide bonds. The Hall–Kier alpha value is -1.11. The fraction of sp³-hybridized carbons (Fsp3) is 0.579. The third kappa shape index (κ3) is 5.11. The molecule has 20 heavy (non-hydrogen) atoms. The third-order valence-corrected chi connectivity index (χ3v) is 3.92. The molecule has 1 rings (SSSR count). The van der Waals surface area contributed by atoms with Gasteiger partial charge in [0.15, 0.2) is 0 Å². The Morgan fingerprint density at radius 2 is 1.95 bits per heavy atom. The molecule has 0 bridgehead atoms. The van der Waals surface area contributed by atoms with Crippen LogP contribution in [-0.4, -0.2) is 0 Å². The van der Waals surface area contributed by atoms with Gasteiger partial charge in [0.1, 0.15) is 5.82 Å². The molecule has 0 fully saturated rings. The number of hydrogen-bond acceptors (Lipinski definition) is 0. The molecule has 0 aliphatic heterocycles. The number of unbranched alkanes of at least 4 members (excludes halogenated alkanes) is 3. The number of hydrogen-bond donors (Lipinski definition) is 0. The van der Waals surface area contributed by atoms with E-state index >= 15 is 0 Å². The lowest BCUT2D eigenvalue weighted by atomic mass is 9.88. The lowest BCUT2D eigenvalue weighted by molar-refractivity contribution is 0.585. The van der Waals surface area contributed by atoms with E-state index in [9.17, 15) is 4.39 Å². The third-order valence-electron chi connectivity index (χ3n) is 3.92. The highest BCUT2D eigenvalue weighted by atomic mass is 19.1. The van der Waals surface area contributed by atoms with Gasteiger partial charge in [0, 0.05) is 0 Å². The fourth-order valence-corrected chi connectivity index (χ4v) is 2.58. The first kappa shape index (κ1) is 16.9. The van der Waals surface area contributed by atoms with Crippen LogP contribution in [0.5, 0.6) is 0 Å². The summed E-state index contributed by atoms with van der Waals surface area (Å²) < 4.78 is 13.4. The van der Waals surface area contributed by atoms with Crippen LogP contribution in [0.1, 0.15) is 70.4 Å². The zero-order valence-electron chi connectivity index (χ0n) is 13.5. The molecule has 0 aliphatic rings. The second-order valence-corrected chi connectivity index (χ2v) is 5.81. The predicted molar refractivity (Wildman–Crippen MR) is 87.3 cm³/mol. The molecule has 1 atom stereocenters. The molecule has 112 valence electrons. The Labute approximate surface area is 124 Å². The van der Waals surface area contributed by atoms with E-state index in [0.717, 1.165) is 18.4 Å². The molecule has 1 aromatic carbocycles. The second-order valence-electron chi connectivity index (χ2n) is 5.81. The molecular formula is C19H29F. The summed E-state index contributed by atoms with van der Waals surface area (Å²) >= 11 is 0. The Morgan fingerprint density at radius 3 is 2.55 bits per heavy atom. The van der Waals surface area contributed by atoms with Gasteiger partial charge >= 0.3 is 0 Å². The minimum atomic E-state index is -0.109. The first-order valence-electron chi connectivity index (χ1n) is 8.06. The van der Waals surface area contributed by atoms with Gasteiger partial charge in [-0.25, -0.2) is 4.39 Å². The maximum atomic E-state index is 13.4. The van der Waals surface area contributed by atoms with Gasteiger partial charge < -0.3 is 0 Å². The highest BCUT2D eigenvalue weighted by molar-refractivity contribution is 5.67. The van der Waals surface area contributed by atoms with E-state index in [0.29, 0.717) is 5.92 Å². The lowest BCUT2D eigenvalue weighted by Gasteiger charge is -2.17. The van der Waals surface area contributed by atoms with Crippen LogP contribution in [0, 0.1) is 18.7 Å². The largest absolute Gasteiger partial charge is 0.207 e. The summed E-state index contributed by atoms with van der Waals surface area (Å²) in [7, 11) is 0. The normalized spacial score (nSPS) is 13.6. The van der Waals surface area contributed by atoms with Gasteiger partial charge in [-0.2, -0.15) is 0 Å². The van der Waals surface area contributed by atoms with Crippen LogP contribution in [0.15, 0.2) is 24.3 Å². The van der Waals surface area contributed by atoms with E-state index < -0.39 is 0 Å². The smallest absolute Gasteiger partial charge is 0.126 e. The zero-order chi connectivity index (χ0) is 15.0. The fourth-order valence-electron chi connectivity index (χ4n) is 2.58. The van der Waals surface area contributed by atoms with Crippen molar-refractivity contribution < 1.29 is 4.39 Å². The van der Waals surface area contributed by atoms with Crippen LogP contribution in [0.25, 0.3) is 5.57 Å². The van der Waals surface area contributed by atoms with Crippen LogP contribution >= 0.6 is 0 Å². The van der Waals surface area contributed by atoms with Gasteiger partial charge in [-0.15, -0.1) is 0 Å². The average Bonchev–Trinajstić information content (AvgIpc) is 2.43. The number of rotatable bonds is 8. The lowest BCUT2D eigenvalue weighted by Crippen LogP contribution is -2.00. The van der Waals surface area contributed by atoms with E-state index in [-0.39, 0.29) is 5.82 Å². The van der Waals surface area contributed by atoms with Crippen LogP contribution in [-0.2, 0) is 0 Å². The summed E-state index contributed by atoms with van der Waals surface area (Å²) in [5.74, 6) is 0.445. The molecule has 1 heteroatoms. The minimum Gasteiger partial charge on any atom is -0.207 e. The summed E-state index contributed by atoms with van der Waals surface area (Å²) in [5, 5.41) is 0. The summed E-state index contributed by atoms with van der Waals surface area (Å²) in [6.07, 6.45) is 9.67. The SMILES string of the molecule is CCC/C=C(/c1ccc(F)c(C)c1)C(C)CCCCC. The van der Waals surface area contributed by atoms with Crippen molar-refractivity contribution in [2.75, 3.05) is 0 Å². The van der Waals surface area contributed by atoms with Crippen molar-refractivity contribution in [2.24, 2.45) is 5.92 Å². The quantitative estimate of drug-likeness (QED) is 0.473. The van der Waals surface area contributed by atoms with Gasteiger partial charge in [-0.3, -0.25) is 0 Å². The Balaban J connectivity index is 2.90. The molecule has 0 heterocycles. The number of allylic oxidation sites excluding steroid dienone is 2. The van der Waals surface area contributed by atoms with Crippen molar-refractivity contribution in [2.45, 2.75) is 66.2 Å². The molecule has 0 radical (unpaired) electrons. The summed E-state index contributed by atoms with van der Waals surface area (Å²) in [5.41, 5.74) is 3.33. The topological polar surface area (TPSA) is 0 Å². The van der Waals surface area contributed by atoms with E-state index in [1.165, 1.54) is 36.8 Å². The Bertz CT molecular complexity index is 431. The molecule has 0 aromatic heterocycles. The van der Waals surface area contributed by atoms with Crippen LogP contribution in [0.3, 0.4) is 0 Å². The predicted octanol–water partition coefficient (Wildman–Crippen LogP) is 6.53. The summed E-state index contributed by atoms with van der Waals surface area (Å²) in [6.45, 7) is 8.58. The van der Waals surface area contributed by atoms with Gasteiger partial charge in [0.25, 0.3) is 0 Å². The molecular weight excluding hydrogens is 247 g/mol. The number of aryl methyl sites for hydroxylation is 1. The first-order valence-corrected chi connectivity index (χ1v) is 8.06. The molecule has 0 saturated heterocycles. The van der Waals surface area contributed by atoms with Crippen molar-refractivity contribution in [1.29, 1.82) is 0 Å². The van der Waals surface area contributed by atoms with Crippen molar-refractivity contribution in [1.82, 2.24) is 0 Å². The highest BCUT2D eigenvalue weighted by Crippen LogP contribution is 2.29. The maximum Gasteiger partial charge on any atom is 0.126 e. The molecule has 1 aromatic rings. The van der Waals surface area contributed by atoms with Gasteiger partial charge in [0.2, 0.25) is 0 Å². The van der Waals surface area contributed by atoms with Crippen LogP contribution < -0.4 is 0 Å². The van der Waals surface area contributed by atoms with Crippen molar-refractivity contribution in [3.63, 3.8) is 0 Å². The van der Waals surface area contributed by atoms with Crippen molar-refractivity contribution >= 4 is 5.57 Å². The van der Waals surface area contributed by atoms with Gasteiger partial charge in [-0.1, -0.05) is 58.6 Å². The molecule has 1 unspecified atom stereocenters. The molecule has 0 saturated carbocycles.